The summed E-state index contributed by atoms with van der Waals surface area (Å²) in [6.45, 7) is 7.75. The number of hydrogen-bond acceptors (Lipinski definition) is 4. The number of rotatable bonds is 5. The smallest absolute Gasteiger partial charge is 0.357 e. The highest BCUT2D eigenvalue weighted by Gasteiger charge is 2.23. The van der Waals surface area contributed by atoms with Gasteiger partial charge in [-0.1, -0.05) is 29.8 Å². The minimum atomic E-state index is -0.415. The molecular weight excluding hydrogens is 382 g/mol. The maximum Gasteiger partial charge on any atom is 0.357 e. The van der Waals surface area contributed by atoms with Gasteiger partial charge >= 0.3 is 5.97 Å². The van der Waals surface area contributed by atoms with E-state index in [1.54, 1.807) is 6.34 Å². The SMILES string of the molecule is CC(C)OC(=O)c1nc(N=CN(C)C)c2ccc(Br)cc2c1C(C)C. The van der Waals surface area contributed by atoms with Crippen molar-refractivity contribution in [1.29, 1.82) is 0 Å². The van der Waals surface area contributed by atoms with Gasteiger partial charge < -0.3 is 9.64 Å². The molecule has 5 nitrogen and oxygen atoms in total. The van der Waals surface area contributed by atoms with Crippen LogP contribution < -0.4 is 0 Å². The van der Waals surface area contributed by atoms with E-state index in [0.717, 1.165) is 20.8 Å². The fourth-order valence-electron chi connectivity index (χ4n) is 2.57. The van der Waals surface area contributed by atoms with E-state index in [1.165, 1.54) is 0 Å². The van der Waals surface area contributed by atoms with Gasteiger partial charge in [-0.2, -0.15) is 0 Å². The number of aliphatic imine (C=N–C) groups is 1. The van der Waals surface area contributed by atoms with Gasteiger partial charge in [0, 0.05) is 24.0 Å². The molecule has 0 amide bonds. The zero-order valence-corrected chi connectivity index (χ0v) is 17.1. The maximum absolute atomic E-state index is 12.6. The molecule has 0 aliphatic heterocycles. The molecule has 0 bridgehead atoms. The van der Waals surface area contributed by atoms with Gasteiger partial charge in [0.1, 0.15) is 0 Å². The Morgan fingerprint density at radius 1 is 1.24 bits per heavy atom. The summed E-state index contributed by atoms with van der Waals surface area (Å²) in [6.07, 6.45) is 1.47. The van der Waals surface area contributed by atoms with Gasteiger partial charge in [0.2, 0.25) is 0 Å². The molecule has 134 valence electrons. The van der Waals surface area contributed by atoms with E-state index < -0.39 is 5.97 Å². The van der Waals surface area contributed by atoms with E-state index in [0.29, 0.717) is 11.5 Å². The molecule has 0 N–H and O–H groups in total. The van der Waals surface area contributed by atoms with Gasteiger partial charge in [-0.3, -0.25) is 0 Å². The Morgan fingerprint density at radius 3 is 2.48 bits per heavy atom. The average Bonchev–Trinajstić information content (AvgIpc) is 2.50. The summed E-state index contributed by atoms with van der Waals surface area (Å²) < 4.78 is 6.35. The predicted octanol–water partition coefficient (Wildman–Crippen LogP) is 4.91. The number of esters is 1. The van der Waals surface area contributed by atoms with Crippen LogP contribution in [0.4, 0.5) is 5.82 Å². The summed E-state index contributed by atoms with van der Waals surface area (Å²) in [5, 5.41) is 1.87. The van der Waals surface area contributed by atoms with E-state index in [2.05, 4.69) is 25.9 Å². The van der Waals surface area contributed by atoms with Crippen molar-refractivity contribution in [2.75, 3.05) is 14.1 Å². The number of pyridine rings is 1. The largest absolute Gasteiger partial charge is 0.458 e. The number of aromatic nitrogens is 1. The molecule has 0 aliphatic rings. The lowest BCUT2D eigenvalue weighted by Gasteiger charge is -2.17. The third kappa shape index (κ3) is 4.57. The quantitative estimate of drug-likeness (QED) is 0.402. The molecule has 1 aromatic heterocycles. The Morgan fingerprint density at radius 2 is 1.92 bits per heavy atom. The Bertz CT molecular complexity index is 814. The van der Waals surface area contributed by atoms with Crippen molar-refractivity contribution in [2.45, 2.75) is 39.7 Å². The summed E-state index contributed by atoms with van der Waals surface area (Å²) in [5.41, 5.74) is 1.21. The molecule has 0 fully saturated rings. The van der Waals surface area contributed by atoms with Crippen LogP contribution >= 0.6 is 15.9 Å². The van der Waals surface area contributed by atoms with Crippen molar-refractivity contribution in [3.8, 4) is 0 Å². The van der Waals surface area contributed by atoms with Crippen molar-refractivity contribution < 1.29 is 9.53 Å². The second-order valence-electron chi connectivity index (χ2n) is 6.70. The van der Waals surface area contributed by atoms with Crippen LogP contribution in [0.3, 0.4) is 0 Å². The fourth-order valence-corrected chi connectivity index (χ4v) is 2.93. The molecule has 0 saturated heterocycles. The van der Waals surface area contributed by atoms with Crippen LogP contribution in [0.5, 0.6) is 0 Å². The molecular formula is C19H24BrN3O2. The van der Waals surface area contributed by atoms with Gasteiger partial charge in [-0.25, -0.2) is 14.8 Å². The molecule has 1 aromatic carbocycles. The fraction of sp³-hybridized carbons (Fsp3) is 0.421. The molecule has 2 aromatic rings. The van der Waals surface area contributed by atoms with Crippen molar-refractivity contribution >= 4 is 44.8 Å². The zero-order valence-electron chi connectivity index (χ0n) is 15.5. The Kier molecular flexibility index (Phi) is 6.16. The van der Waals surface area contributed by atoms with E-state index in [9.17, 15) is 4.79 Å². The number of benzene rings is 1. The van der Waals surface area contributed by atoms with Crippen LogP contribution in [0.25, 0.3) is 10.8 Å². The Balaban J connectivity index is 2.80. The number of hydrogen-bond donors (Lipinski definition) is 0. The number of fused-ring (bicyclic) bond motifs is 1. The predicted molar refractivity (Wildman–Crippen MR) is 106 cm³/mol. The molecule has 2 rings (SSSR count). The maximum atomic E-state index is 12.6. The van der Waals surface area contributed by atoms with Gasteiger partial charge in [-0.05, 0) is 48.9 Å². The van der Waals surface area contributed by atoms with E-state index in [4.69, 9.17) is 4.74 Å². The topological polar surface area (TPSA) is 54.8 Å². The van der Waals surface area contributed by atoms with Crippen molar-refractivity contribution in [3.63, 3.8) is 0 Å². The van der Waals surface area contributed by atoms with Crippen LogP contribution in [-0.2, 0) is 4.74 Å². The molecule has 0 aliphatic carbocycles. The van der Waals surface area contributed by atoms with Gasteiger partial charge in [0.05, 0.1) is 12.4 Å². The van der Waals surface area contributed by atoms with Crippen molar-refractivity contribution in [3.05, 3.63) is 33.9 Å². The van der Waals surface area contributed by atoms with Gasteiger partial charge in [0.25, 0.3) is 0 Å². The monoisotopic (exact) mass is 405 g/mol. The summed E-state index contributed by atoms with van der Waals surface area (Å²) in [6, 6.07) is 5.93. The standard InChI is InChI=1S/C19H24BrN3O2/c1-11(2)16-15-9-13(20)7-8-14(15)18(21-10-23(5)6)22-17(16)19(24)25-12(3)4/h7-12H,1-6H3. The van der Waals surface area contributed by atoms with Crippen molar-refractivity contribution in [2.24, 2.45) is 4.99 Å². The number of carbonyl (C=O) groups is 1. The first-order chi connectivity index (χ1) is 11.7. The van der Waals surface area contributed by atoms with Crippen molar-refractivity contribution in [1.82, 2.24) is 9.88 Å². The first-order valence-electron chi connectivity index (χ1n) is 8.25. The zero-order chi connectivity index (χ0) is 18.7. The first-order valence-corrected chi connectivity index (χ1v) is 9.04. The third-order valence-electron chi connectivity index (χ3n) is 3.51. The molecule has 0 saturated carbocycles. The lowest BCUT2D eigenvalue weighted by molar-refractivity contribution is 0.0369. The summed E-state index contributed by atoms with van der Waals surface area (Å²) in [7, 11) is 3.78. The van der Waals surface area contributed by atoms with Crippen LogP contribution in [0.15, 0.2) is 27.7 Å². The van der Waals surface area contributed by atoms with E-state index in [1.807, 2.05) is 64.9 Å². The van der Waals surface area contributed by atoms with Crippen LogP contribution in [0, 0.1) is 0 Å². The van der Waals surface area contributed by atoms with Crippen LogP contribution in [0.2, 0.25) is 0 Å². The van der Waals surface area contributed by atoms with Gasteiger partial charge in [-0.15, -0.1) is 0 Å². The Labute approximate surface area is 157 Å². The van der Waals surface area contributed by atoms with Crippen LogP contribution in [0.1, 0.15) is 49.7 Å². The third-order valence-corrected chi connectivity index (χ3v) is 4.00. The number of ether oxygens (including phenoxy) is 1. The molecule has 25 heavy (non-hydrogen) atoms. The number of nitrogens with zero attached hydrogens (tertiary/aromatic N) is 3. The Hall–Kier alpha value is -1.95. The summed E-state index contributed by atoms with van der Waals surface area (Å²) >= 11 is 3.52. The minimum Gasteiger partial charge on any atom is -0.458 e. The number of carbonyl (C=O) groups excluding carboxylic acids is 1. The normalized spacial score (nSPS) is 11.7. The molecule has 0 atom stereocenters. The first kappa shape index (κ1) is 19.4. The highest BCUT2D eigenvalue weighted by Crippen LogP contribution is 2.35. The highest BCUT2D eigenvalue weighted by atomic mass is 79.9. The second kappa shape index (κ2) is 7.95. The highest BCUT2D eigenvalue weighted by molar-refractivity contribution is 9.10. The number of halogens is 1. The van der Waals surface area contributed by atoms with E-state index >= 15 is 0 Å². The summed E-state index contributed by atoms with van der Waals surface area (Å²) in [5.74, 6) is 0.212. The molecule has 0 radical (unpaired) electrons. The van der Waals surface area contributed by atoms with E-state index in [-0.39, 0.29) is 12.0 Å². The minimum absolute atomic E-state index is 0.117. The van der Waals surface area contributed by atoms with Crippen LogP contribution in [-0.4, -0.2) is 42.4 Å². The average molecular weight is 406 g/mol. The molecule has 6 heteroatoms. The summed E-state index contributed by atoms with van der Waals surface area (Å²) in [4.78, 5) is 23.5. The second-order valence-corrected chi connectivity index (χ2v) is 7.62. The molecule has 0 unspecified atom stereocenters. The molecule has 0 spiro atoms. The lowest BCUT2D eigenvalue weighted by Crippen LogP contribution is -2.16. The van der Waals surface area contributed by atoms with Gasteiger partial charge in [0.15, 0.2) is 11.5 Å². The lowest BCUT2D eigenvalue weighted by atomic mass is 9.94. The molecule has 1 heterocycles.